The predicted octanol–water partition coefficient (Wildman–Crippen LogP) is 7.44. The lowest BCUT2D eigenvalue weighted by Crippen LogP contribution is -2.36. The van der Waals surface area contributed by atoms with Crippen LogP contribution in [0.5, 0.6) is 0 Å². The third-order valence-electron chi connectivity index (χ3n) is 5.64. The van der Waals surface area contributed by atoms with Crippen molar-refractivity contribution in [2.45, 2.75) is 73.3 Å². The van der Waals surface area contributed by atoms with E-state index in [2.05, 4.69) is 10.6 Å². The summed E-state index contributed by atoms with van der Waals surface area (Å²) < 4.78 is 91.2. The first-order valence-electron chi connectivity index (χ1n) is 15.9. The lowest BCUT2D eigenvalue weighted by molar-refractivity contribution is 0.0258. The highest BCUT2D eigenvalue weighted by molar-refractivity contribution is 7.49. The fraction of sp³-hybridized carbons (Fsp3) is 0.714. The predicted molar refractivity (Wildman–Crippen MR) is 177 cm³/mol. The van der Waals surface area contributed by atoms with Crippen LogP contribution >= 0.6 is 23.5 Å². The Balaban J connectivity index is 2.97. The molecule has 20 heteroatoms. The normalized spacial score (nSPS) is 12.9. The van der Waals surface area contributed by atoms with Crippen molar-refractivity contribution in [1.29, 1.82) is 0 Å². The van der Waals surface area contributed by atoms with Crippen molar-refractivity contribution < 1.29 is 68.7 Å². The van der Waals surface area contributed by atoms with Crippen LogP contribution < -0.4 is 10.6 Å². The van der Waals surface area contributed by atoms with Crippen LogP contribution in [-0.2, 0) is 59.1 Å². The van der Waals surface area contributed by atoms with Crippen LogP contribution in [0.25, 0.3) is 0 Å². The highest BCUT2D eigenvalue weighted by atomic mass is 31.2. The summed E-state index contributed by atoms with van der Waals surface area (Å²) in [5.41, 5.74) is 0.0698. The Bertz CT molecular complexity index is 1190. The number of unbranched alkanes of at least 4 members (excludes halogenated alkanes) is 2. The lowest BCUT2D eigenvalue weighted by Gasteiger charge is -2.25. The second-order valence-electron chi connectivity index (χ2n) is 9.47. The first-order valence-corrected chi connectivity index (χ1v) is 20.3. The molecule has 0 saturated carbocycles. The minimum Gasteiger partial charge on any atom is -0.421 e. The molecule has 1 rings (SSSR count). The molecule has 0 aliphatic carbocycles. The van der Waals surface area contributed by atoms with E-state index in [1.807, 2.05) is 13.8 Å². The highest BCUT2D eigenvalue weighted by Crippen LogP contribution is 2.53. The number of amides is 2. The molecule has 2 amide bonds. The van der Waals surface area contributed by atoms with Crippen molar-refractivity contribution in [3.63, 3.8) is 0 Å². The fourth-order valence-electron chi connectivity index (χ4n) is 3.46. The minimum absolute atomic E-state index is 0.0108. The molecule has 278 valence electrons. The Labute approximate surface area is 283 Å². The van der Waals surface area contributed by atoms with Crippen LogP contribution in [0.3, 0.4) is 0 Å². The molecule has 48 heavy (non-hydrogen) atoms. The van der Waals surface area contributed by atoms with Gasteiger partial charge in [0.15, 0.2) is 0 Å². The van der Waals surface area contributed by atoms with E-state index in [0.29, 0.717) is 12.8 Å². The van der Waals surface area contributed by atoms with E-state index in [1.165, 1.54) is 12.1 Å². The topological polar surface area (TPSA) is 202 Å². The Hall–Kier alpha value is -1.71. The first kappa shape index (κ1) is 44.3. The van der Waals surface area contributed by atoms with Crippen LogP contribution in [0.15, 0.2) is 24.3 Å². The molecular formula is C28H51N2O15P3. The monoisotopic (exact) mass is 748 g/mol. The number of phosphoric acid groups is 3. The molecule has 0 aliphatic rings. The molecule has 1 aromatic rings. The Kier molecular flexibility index (Phi) is 22.6. The van der Waals surface area contributed by atoms with Gasteiger partial charge < -0.3 is 10.1 Å². The molecule has 0 heterocycles. The number of carbonyl (C=O) groups excluding carboxylic acids is 2. The van der Waals surface area contributed by atoms with Gasteiger partial charge in [0, 0.05) is 6.54 Å². The second kappa shape index (κ2) is 24.4. The van der Waals surface area contributed by atoms with Crippen molar-refractivity contribution in [2.24, 2.45) is 0 Å². The molecule has 2 N–H and O–H groups in total. The van der Waals surface area contributed by atoms with Crippen molar-refractivity contribution in [3.05, 3.63) is 29.8 Å². The molecule has 0 aliphatic heterocycles. The highest BCUT2D eigenvalue weighted by Gasteiger charge is 2.34. The number of phosphoric ester groups is 3. The van der Waals surface area contributed by atoms with Gasteiger partial charge in [0.2, 0.25) is 6.79 Å². The van der Waals surface area contributed by atoms with E-state index in [1.54, 1.807) is 39.8 Å². The van der Waals surface area contributed by atoms with Gasteiger partial charge in [-0.3, -0.25) is 46.3 Å². The van der Waals surface area contributed by atoms with E-state index >= 15 is 0 Å². The molecule has 0 radical (unpaired) electrons. The molecule has 0 bridgehead atoms. The largest absolute Gasteiger partial charge is 0.477 e. The van der Waals surface area contributed by atoms with Crippen molar-refractivity contribution in [3.8, 4) is 0 Å². The van der Waals surface area contributed by atoms with Gasteiger partial charge in [0.1, 0.15) is 6.10 Å². The van der Waals surface area contributed by atoms with Gasteiger partial charge in [0.05, 0.1) is 57.5 Å². The average Bonchev–Trinajstić information content (AvgIpc) is 3.03. The van der Waals surface area contributed by atoms with E-state index in [-0.39, 0.29) is 57.4 Å². The van der Waals surface area contributed by atoms with E-state index in [4.69, 9.17) is 45.5 Å². The van der Waals surface area contributed by atoms with Gasteiger partial charge in [-0.15, -0.1) is 0 Å². The third-order valence-corrected chi connectivity index (χ3v) is 10.4. The zero-order chi connectivity index (χ0) is 35.9. The maximum absolute atomic E-state index is 13.2. The summed E-state index contributed by atoms with van der Waals surface area (Å²) in [5.74, 6) is -0.686. The smallest absolute Gasteiger partial charge is 0.421 e. The SMILES string of the molecule is CCCCOP(=O)(OCCCC)OCOC(=O)Nc1ccccc1C(=O)NCC(COP(=O)(OCC)OCC)OP(=O)(OCC)OCC. The van der Waals surface area contributed by atoms with E-state index in [9.17, 15) is 23.3 Å². The van der Waals surface area contributed by atoms with Crippen LogP contribution in [0.4, 0.5) is 10.5 Å². The van der Waals surface area contributed by atoms with Gasteiger partial charge in [0.25, 0.3) is 5.91 Å². The zero-order valence-electron chi connectivity index (χ0n) is 28.5. The van der Waals surface area contributed by atoms with Gasteiger partial charge in [-0.2, -0.15) is 0 Å². The maximum Gasteiger partial charge on any atom is 0.477 e. The van der Waals surface area contributed by atoms with Crippen molar-refractivity contribution in [1.82, 2.24) is 5.32 Å². The summed E-state index contributed by atoms with van der Waals surface area (Å²) in [6, 6.07) is 6.00. The standard InChI is InChI=1S/C28H51N2O15P3/c1-7-13-19-41-47(34,42-20-14-8-2)44-23-36-28(32)30-26-18-16-15-17-25(26)27(31)29-21-24(45-48(35,39-11-5)40-12-6)22-43-46(33,37-9-3)38-10-4/h15-18,24H,7-14,19-23H2,1-6H3,(H,29,31)(H,30,32). The van der Waals surface area contributed by atoms with Gasteiger partial charge >= 0.3 is 29.6 Å². The molecule has 1 aromatic carbocycles. The first-order chi connectivity index (χ1) is 22.9. The lowest BCUT2D eigenvalue weighted by atomic mass is 10.1. The third kappa shape index (κ3) is 17.8. The molecule has 0 fully saturated rings. The number of carbonyl (C=O) groups is 2. The number of nitrogens with one attached hydrogen (secondary N) is 2. The number of benzene rings is 1. The Morgan fingerprint density at radius 1 is 0.688 bits per heavy atom. The minimum atomic E-state index is -4.11. The number of hydrogen-bond donors (Lipinski definition) is 2. The van der Waals surface area contributed by atoms with E-state index < -0.39 is 55.0 Å². The number of para-hydroxylation sites is 1. The summed E-state index contributed by atoms with van der Waals surface area (Å²) in [4.78, 5) is 25.8. The number of ether oxygens (including phenoxy) is 1. The quantitative estimate of drug-likeness (QED) is 0.0486. The maximum atomic E-state index is 13.2. The molecule has 0 saturated heterocycles. The molecule has 0 aromatic heterocycles. The summed E-state index contributed by atoms with van der Waals surface area (Å²) in [6.07, 6.45) is 0.620. The molecule has 1 atom stereocenters. The van der Waals surface area contributed by atoms with Crippen LogP contribution in [0.2, 0.25) is 0 Å². The van der Waals surface area contributed by atoms with Crippen LogP contribution in [0.1, 0.15) is 77.6 Å². The Morgan fingerprint density at radius 2 is 1.21 bits per heavy atom. The summed E-state index contributed by atoms with van der Waals surface area (Å²) in [7, 11) is -12.1. The summed E-state index contributed by atoms with van der Waals surface area (Å²) >= 11 is 0. The van der Waals surface area contributed by atoms with Gasteiger partial charge in [-0.1, -0.05) is 38.8 Å². The molecular weight excluding hydrogens is 697 g/mol. The summed E-state index contributed by atoms with van der Waals surface area (Å²) in [5, 5.41) is 5.03. The van der Waals surface area contributed by atoms with Gasteiger partial charge in [-0.25, -0.2) is 23.0 Å². The van der Waals surface area contributed by atoms with Crippen LogP contribution in [0, 0.1) is 0 Å². The van der Waals surface area contributed by atoms with E-state index in [0.717, 1.165) is 12.8 Å². The zero-order valence-corrected chi connectivity index (χ0v) is 31.2. The van der Waals surface area contributed by atoms with Gasteiger partial charge in [-0.05, 0) is 52.7 Å². The second-order valence-corrected chi connectivity index (χ2v) is 14.4. The average molecular weight is 749 g/mol. The van der Waals surface area contributed by atoms with Crippen LogP contribution in [-0.4, -0.2) is 77.7 Å². The Morgan fingerprint density at radius 3 is 1.75 bits per heavy atom. The summed E-state index contributed by atoms with van der Waals surface area (Å²) in [6.45, 7) is 8.96. The van der Waals surface area contributed by atoms with Crippen molar-refractivity contribution in [2.75, 3.05) is 64.9 Å². The molecule has 0 spiro atoms. The van der Waals surface area contributed by atoms with Crippen molar-refractivity contribution >= 4 is 41.2 Å². The number of hydrogen-bond acceptors (Lipinski definition) is 15. The fourth-order valence-corrected chi connectivity index (χ4v) is 7.11. The molecule has 1 unspecified atom stereocenters. The number of anilines is 1. The molecule has 17 nitrogen and oxygen atoms in total. The number of rotatable bonds is 28.